The molecule has 2 aromatic carbocycles. The van der Waals surface area contributed by atoms with Crippen molar-refractivity contribution in [3.8, 4) is 11.4 Å². The van der Waals surface area contributed by atoms with Crippen LogP contribution in [-0.4, -0.2) is 34.0 Å². The number of halogens is 1. The molecular weight excluding hydrogens is 407 g/mol. The Kier molecular flexibility index (Phi) is 6.65. The average Bonchev–Trinajstić information content (AvgIpc) is 3.25. The molecule has 7 heteroatoms. The molecule has 1 N–H and O–H groups in total. The number of nitrogens with one attached hydrogen (secondary N) is 1. The summed E-state index contributed by atoms with van der Waals surface area (Å²) in [5.74, 6) is 0.808. The third-order valence-corrected chi connectivity index (χ3v) is 6.28. The van der Waals surface area contributed by atoms with Crippen LogP contribution < -0.4 is 5.32 Å². The lowest BCUT2D eigenvalue weighted by atomic mass is 9.95. The predicted molar refractivity (Wildman–Crippen MR) is 120 cm³/mol. The first-order chi connectivity index (χ1) is 15.4. The van der Waals surface area contributed by atoms with Crippen molar-refractivity contribution in [1.29, 1.82) is 0 Å². The minimum absolute atomic E-state index is 0.0110. The van der Waals surface area contributed by atoms with Crippen molar-refractivity contribution in [2.45, 2.75) is 46.2 Å². The first kappa shape index (κ1) is 22.1. The molecule has 0 radical (unpaired) electrons. The number of aromatic nitrogens is 2. The molecule has 168 valence electrons. The van der Waals surface area contributed by atoms with E-state index in [4.69, 9.17) is 4.52 Å². The zero-order valence-corrected chi connectivity index (χ0v) is 18.8. The molecule has 6 nitrogen and oxygen atoms in total. The average molecular weight is 437 g/mol. The highest BCUT2D eigenvalue weighted by Crippen LogP contribution is 2.23. The van der Waals surface area contributed by atoms with Crippen molar-refractivity contribution in [1.82, 2.24) is 20.4 Å². The highest BCUT2D eigenvalue weighted by molar-refractivity contribution is 5.79. The summed E-state index contributed by atoms with van der Waals surface area (Å²) in [4.78, 5) is 19.4. The van der Waals surface area contributed by atoms with Gasteiger partial charge in [-0.25, -0.2) is 4.39 Å². The Bertz CT molecular complexity index is 1070. The van der Waals surface area contributed by atoms with Gasteiger partial charge in [-0.15, -0.1) is 0 Å². The quantitative estimate of drug-likeness (QED) is 0.612. The normalized spacial score (nSPS) is 16.1. The number of aryl methyl sites for hydroxylation is 2. The topological polar surface area (TPSA) is 71.3 Å². The van der Waals surface area contributed by atoms with Gasteiger partial charge in [-0.05, 0) is 87.7 Å². The minimum atomic E-state index is -0.298. The van der Waals surface area contributed by atoms with Gasteiger partial charge in [-0.2, -0.15) is 4.98 Å². The fourth-order valence-electron chi connectivity index (χ4n) is 4.03. The molecule has 0 spiro atoms. The summed E-state index contributed by atoms with van der Waals surface area (Å²) < 4.78 is 18.5. The number of benzene rings is 2. The second-order valence-electron chi connectivity index (χ2n) is 8.64. The summed E-state index contributed by atoms with van der Waals surface area (Å²) in [5.41, 5.74) is 4.34. The van der Waals surface area contributed by atoms with Crippen LogP contribution >= 0.6 is 0 Å². The fraction of sp³-hybridized carbons (Fsp3) is 0.400. The van der Waals surface area contributed by atoms with E-state index in [1.54, 1.807) is 12.1 Å². The smallest absolute Gasteiger partial charge is 0.241 e. The van der Waals surface area contributed by atoms with Crippen LogP contribution in [-0.2, 0) is 11.3 Å². The van der Waals surface area contributed by atoms with Crippen molar-refractivity contribution in [3.05, 3.63) is 70.9 Å². The SMILES string of the molecule is Cc1ccc(C(C)NC(=O)C2CCN(Cc3nc(-c4ccc(F)cc4)no3)CC2)cc1C. The third kappa shape index (κ3) is 5.22. The molecule has 1 aliphatic heterocycles. The van der Waals surface area contributed by atoms with Crippen molar-refractivity contribution < 1.29 is 13.7 Å². The fourth-order valence-corrected chi connectivity index (χ4v) is 4.03. The Hall–Kier alpha value is -3.06. The van der Waals surface area contributed by atoms with E-state index >= 15 is 0 Å². The molecule has 0 aliphatic carbocycles. The molecular formula is C25H29FN4O2. The Labute approximate surface area is 187 Å². The molecule has 1 atom stereocenters. The van der Waals surface area contributed by atoms with E-state index < -0.39 is 0 Å². The molecule has 1 amide bonds. The molecule has 1 fully saturated rings. The molecule has 32 heavy (non-hydrogen) atoms. The molecule has 1 unspecified atom stereocenters. The molecule has 1 aromatic heterocycles. The van der Waals surface area contributed by atoms with Gasteiger partial charge in [0.25, 0.3) is 0 Å². The lowest BCUT2D eigenvalue weighted by molar-refractivity contribution is -0.127. The number of hydrogen-bond acceptors (Lipinski definition) is 5. The molecule has 2 heterocycles. The molecule has 4 rings (SSSR count). The van der Waals surface area contributed by atoms with Gasteiger partial charge in [-0.3, -0.25) is 9.69 Å². The zero-order valence-electron chi connectivity index (χ0n) is 18.8. The van der Waals surface area contributed by atoms with E-state index in [9.17, 15) is 9.18 Å². The molecule has 1 saturated heterocycles. The van der Waals surface area contributed by atoms with Crippen LogP contribution in [0, 0.1) is 25.6 Å². The van der Waals surface area contributed by atoms with Crippen LogP contribution in [0.3, 0.4) is 0 Å². The predicted octanol–water partition coefficient (Wildman–Crippen LogP) is 4.58. The maximum absolute atomic E-state index is 13.1. The van der Waals surface area contributed by atoms with E-state index in [0.717, 1.165) is 37.1 Å². The molecule has 1 aliphatic rings. The Morgan fingerprint density at radius 3 is 2.56 bits per heavy atom. The van der Waals surface area contributed by atoms with Gasteiger partial charge in [-0.1, -0.05) is 23.4 Å². The van der Waals surface area contributed by atoms with Crippen LogP contribution in [0.25, 0.3) is 11.4 Å². The summed E-state index contributed by atoms with van der Waals surface area (Å²) in [5, 5.41) is 7.18. The third-order valence-electron chi connectivity index (χ3n) is 6.28. The number of nitrogens with zero attached hydrogens (tertiary/aromatic N) is 3. The van der Waals surface area contributed by atoms with Gasteiger partial charge in [0.05, 0.1) is 12.6 Å². The first-order valence-corrected chi connectivity index (χ1v) is 11.1. The largest absolute Gasteiger partial charge is 0.349 e. The summed E-state index contributed by atoms with van der Waals surface area (Å²) in [6.07, 6.45) is 1.59. The van der Waals surface area contributed by atoms with E-state index in [1.165, 1.54) is 23.3 Å². The number of carbonyl (C=O) groups excluding carboxylic acids is 1. The number of amides is 1. The Balaban J connectivity index is 1.27. The van der Waals surface area contributed by atoms with E-state index in [1.807, 2.05) is 6.92 Å². The van der Waals surface area contributed by atoms with Crippen molar-refractivity contribution in [2.75, 3.05) is 13.1 Å². The second kappa shape index (κ2) is 9.61. The van der Waals surface area contributed by atoms with Gasteiger partial charge < -0.3 is 9.84 Å². The number of hydrogen-bond donors (Lipinski definition) is 1. The first-order valence-electron chi connectivity index (χ1n) is 11.1. The van der Waals surface area contributed by atoms with E-state index in [0.29, 0.717) is 18.3 Å². The number of likely N-dealkylation sites (tertiary alicyclic amines) is 1. The van der Waals surface area contributed by atoms with Crippen LogP contribution in [0.15, 0.2) is 47.0 Å². The van der Waals surface area contributed by atoms with Crippen LogP contribution in [0.5, 0.6) is 0 Å². The number of rotatable bonds is 6. The second-order valence-corrected chi connectivity index (χ2v) is 8.64. The van der Waals surface area contributed by atoms with Crippen molar-refractivity contribution in [2.24, 2.45) is 5.92 Å². The summed E-state index contributed by atoms with van der Waals surface area (Å²) in [6.45, 7) is 8.35. The van der Waals surface area contributed by atoms with Gasteiger partial charge in [0.15, 0.2) is 0 Å². The monoisotopic (exact) mass is 436 g/mol. The van der Waals surface area contributed by atoms with Crippen molar-refractivity contribution in [3.63, 3.8) is 0 Å². The van der Waals surface area contributed by atoms with E-state index in [2.05, 4.69) is 52.4 Å². The summed E-state index contributed by atoms with van der Waals surface area (Å²) in [7, 11) is 0. The lowest BCUT2D eigenvalue weighted by Gasteiger charge is -2.31. The Morgan fingerprint density at radius 2 is 1.88 bits per heavy atom. The molecule has 0 saturated carbocycles. The van der Waals surface area contributed by atoms with Crippen LogP contribution in [0.4, 0.5) is 4.39 Å². The minimum Gasteiger partial charge on any atom is -0.349 e. The highest BCUT2D eigenvalue weighted by atomic mass is 19.1. The Morgan fingerprint density at radius 1 is 1.16 bits per heavy atom. The summed E-state index contributed by atoms with van der Waals surface area (Å²) in [6, 6.07) is 12.3. The van der Waals surface area contributed by atoms with Gasteiger partial charge in [0, 0.05) is 11.5 Å². The van der Waals surface area contributed by atoms with Crippen LogP contribution in [0.1, 0.15) is 48.4 Å². The standard InChI is InChI=1S/C25H29FN4O2/c1-16-4-5-21(14-17(16)2)18(3)27-25(31)20-10-12-30(13-11-20)15-23-28-24(29-32-23)19-6-8-22(26)9-7-19/h4-9,14,18,20H,10-13,15H2,1-3H3,(H,27,31). The maximum atomic E-state index is 13.1. The lowest BCUT2D eigenvalue weighted by Crippen LogP contribution is -2.41. The molecule has 0 bridgehead atoms. The zero-order chi connectivity index (χ0) is 22.7. The highest BCUT2D eigenvalue weighted by Gasteiger charge is 2.27. The van der Waals surface area contributed by atoms with Crippen LogP contribution in [0.2, 0.25) is 0 Å². The maximum Gasteiger partial charge on any atom is 0.241 e. The van der Waals surface area contributed by atoms with Gasteiger partial charge >= 0.3 is 0 Å². The van der Waals surface area contributed by atoms with Gasteiger partial charge in [0.2, 0.25) is 17.6 Å². The molecule has 3 aromatic rings. The van der Waals surface area contributed by atoms with E-state index in [-0.39, 0.29) is 23.7 Å². The summed E-state index contributed by atoms with van der Waals surface area (Å²) >= 11 is 0. The van der Waals surface area contributed by atoms with Crippen molar-refractivity contribution >= 4 is 5.91 Å². The number of piperidine rings is 1. The number of carbonyl (C=O) groups is 1. The van der Waals surface area contributed by atoms with Gasteiger partial charge in [0.1, 0.15) is 5.82 Å².